The van der Waals surface area contributed by atoms with Gasteiger partial charge in [0, 0.05) is 19.2 Å². The number of hydrogen-bond acceptors (Lipinski definition) is 5. The molecule has 0 aliphatic rings. The van der Waals surface area contributed by atoms with Crippen molar-refractivity contribution >= 4 is 39.3 Å². The van der Waals surface area contributed by atoms with Crippen molar-refractivity contribution in [2.75, 3.05) is 25.5 Å². The quantitative estimate of drug-likeness (QED) is 0.493. The number of ether oxygens (including phenoxy) is 2. The molecule has 0 saturated carbocycles. The summed E-state index contributed by atoms with van der Waals surface area (Å²) in [6.45, 7) is 1.06. The Balaban J connectivity index is 2.20. The lowest BCUT2D eigenvalue weighted by Gasteiger charge is -2.19. The fraction of sp³-hybridized carbons (Fsp3) is 0.286. The van der Waals surface area contributed by atoms with E-state index >= 15 is 0 Å². The fourth-order valence-electron chi connectivity index (χ4n) is 2.80. The highest BCUT2D eigenvalue weighted by molar-refractivity contribution is 7.89. The van der Waals surface area contributed by atoms with E-state index in [-0.39, 0.29) is 27.1 Å². The summed E-state index contributed by atoms with van der Waals surface area (Å²) in [6, 6.07) is 8.24. The molecular formula is C21H23ClF2N2O5S. The van der Waals surface area contributed by atoms with E-state index < -0.39 is 22.5 Å². The zero-order valence-corrected chi connectivity index (χ0v) is 19.2. The van der Waals surface area contributed by atoms with Gasteiger partial charge in [0.05, 0.1) is 22.7 Å². The molecule has 2 aromatic carbocycles. The SMILES string of the molecule is CCN(CC)S(=O)(=O)c1ccc(Cl)c(NC(=O)/C=C/c2ccc(OC(F)F)c(OC)c2)c1. The molecule has 0 atom stereocenters. The molecule has 0 heterocycles. The zero-order valence-electron chi connectivity index (χ0n) is 17.6. The first-order valence-corrected chi connectivity index (χ1v) is 11.4. The van der Waals surface area contributed by atoms with E-state index in [0.29, 0.717) is 18.7 Å². The summed E-state index contributed by atoms with van der Waals surface area (Å²) in [5, 5.41) is 2.71. The van der Waals surface area contributed by atoms with E-state index in [0.717, 1.165) is 0 Å². The number of benzene rings is 2. The van der Waals surface area contributed by atoms with Gasteiger partial charge in [-0.25, -0.2) is 8.42 Å². The first-order chi connectivity index (χ1) is 15.1. The second kappa shape index (κ2) is 11.3. The van der Waals surface area contributed by atoms with Crippen molar-refractivity contribution < 1.29 is 31.5 Å². The van der Waals surface area contributed by atoms with E-state index in [2.05, 4.69) is 10.1 Å². The maximum absolute atomic E-state index is 12.7. The standard InChI is InChI=1S/C21H23ClF2N2O5S/c1-4-26(5-2)32(28,29)15-8-9-16(22)17(13-15)25-20(27)11-7-14-6-10-18(31-21(23)24)19(12-14)30-3/h6-13,21H,4-5H2,1-3H3,(H,25,27)/b11-7+. The number of hydrogen-bond donors (Lipinski definition) is 1. The largest absolute Gasteiger partial charge is 0.493 e. The number of methoxy groups -OCH3 is 1. The lowest BCUT2D eigenvalue weighted by atomic mass is 10.2. The number of amides is 1. The Kier molecular flexibility index (Phi) is 8.99. The number of nitrogens with one attached hydrogen (secondary N) is 1. The monoisotopic (exact) mass is 488 g/mol. The van der Waals surface area contributed by atoms with Crippen LogP contribution in [0.1, 0.15) is 19.4 Å². The Morgan fingerprint density at radius 3 is 2.44 bits per heavy atom. The van der Waals surface area contributed by atoms with Crippen molar-refractivity contribution in [3.8, 4) is 11.5 Å². The number of anilines is 1. The zero-order chi connectivity index (χ0) is 23.9. The summed E-state index contributed by atoms with van der Waals surface area (Å²) >= 11 is 6.11. The summed E-state index contributed by atoms with van der Waals surface area (Å²) in [5.41, 5.74) is 0.621. The van der Waals surface area contributed by atoms with Crippen molar-refractivity contribution in [1.82, 2.24) is 4.31 Å². The fourth-order valence-corrected chi connectivity index (χ4v) is 4.45. The van der Waals surface area contributed by atoms with Crippen molar-refractivity contribution in [2.24, 2.45) is 0 Å². The number of sulfonamides is 1. The summed E-state index contributed by atoms with van der Waals surface area (Å²) < 4.78 is 60.9. The van der Waals surface area contributed by atoms with Gasteiger partial charge in [-0.05, 0) is 42.0 Å². The van der Waals surface area contributed by atoms with Crippen LogP contribution < -0.4 is 14.8 Å². The second-order valence-electron chi connectivity index (χ2n) is 6.34. The van der Waals surface area contributed by atoms with Crippen molar-refractivity contribution in [3.63, 3.8) is 0 Å². The lowest BCUT2D eigenvalue weighted by molar-refractivity contribution is -0.111. The van der Waals surface area contributed by atoms with Crippen LogP contribution in [0.4, 0.5) is 14.5 Å². The highest BCUT2D eigenvalue weighted by Gasteiger charge is 2.22. The molecule has 1 amide bonds. The first-order valence-electron chi connectivity index (χ1n) is 9.54. The minimum absolute atomic E-state index is 0.00392. The Morgan fingerprint density at radius 2 is 1.84 bits per heavy atom. The molecule has 11 heteroatoms. The molecule has 0 aliphatic heterocycles. The molecule has 0 spiro atoms. The maximum atomic E-state index is 12.7. The highest BCUT2D eigenvalue weighted by atomic mass is 35.5. The Bertz CT molecular complexity index is 1090. The van der Waals surface area contributed by atoms with Crippen LogP contribution in [-0.4, -0.2) is 45.4 Å². The lowest BCUT2D eigenvalue weighted by Crippen LogP contribution is -2.30. The number of rotatable bonds is 10. The van der Waals surface area contributed by atoms with Crippen LogP contribution in [-0.2, 0) is 14.8 Å². The van der Waals surface area contributed by atoms with Crippen LogP contribution in [0.25, 0.3) is 6.08 Å². The number of nitrogens with zero attached hydrogens (tertiary/aromatic N) is 1. The minimum atomic E-state index is -3.73. The number of carbonyl (C=O) groups is 1. The van der Waals surface area contributed by atoms with E-state index in [1.165, 1.54) is 60.0 Å². The molecule has 0 saturated heterocycles. The molecule has 1 N–H and O–H groups in total. The third kappa shape index (κ3) is 6.41. The molecule has 174 valence electrons. The van der Waals surface area contributed by atoms with Gasteiger partial charge in [-0.15, -0.1) is 0 Å². The molecule has 2 rings (SSSR count). The molecule has 0 aliphatic carbocycles. The van der Waals surface area contributed by atoms with Gasteiger partial charge in [0.2, 0.25) is 15.9 Å². The first kappa shape index (κ1) is 25.6. The summed E-state index contributed by atoms with van der Waals surface area (Å²) in [4.78, 5) is 12.3. The smallest absolute Gasteiger partial charge is 0.387 e. The van der Waals surface area contributed by atoms with E-state index in [9.17, 15) is 22.0 Å². The van der Waals surface area contributed by atoms with Gasteiger partial charge in [0.15, 0.2) is 11.5 Å². The minimum Gasteiger partial charge on any atom is -0.493 e. The van der Waals surface area contributed by atoms with Gasteiger partial charge < -0.3 is 14.8 Å². The van der Waals surface area contributed by atoms with E-state index in [1.54, 1.807) is 13.8 Å². The van der Waals surface area contributed by atoms with Crippen molar-refractivity contribution in [2.45, 2.75) is 25.4 Å². The molecule has 0 unspecified atom stereocenters. The molecule has 0 fully saturated rings. The molecule has 32 heavy (non-hydrogen) atoms. The summed E-state index contributed by atoms with van der Waals surface area (Å²) in [7, 11) is -2.43. The number of alkyl halides is 2. The van der Waals surface area contributed by atoms with Gasteiger partial charge in [0.1, 0.15) is 0 Å². The number of halogens is 3. The van der Waals surface area contributed by atoms with E-state index in [1.807, 2.05) is 0 Å². The van der Waals surface area contributed by atoms with Crippen LogP contribution in [0.2, 0.25) is 5.02 Å². The predicted octanol–water partition coefficient (Wildman–Crippen LogP) is 4.63. The summed E-state index contributed by atoms with van der Waals surface area (Å²) in [6.07, 6.45) is 2.61. The van der Waals surface area contributed by atoms with Crippen LogP contribution in [0.3, 0.4) is 0 Å². The molecule has 0 bridgehead atoms. The molecule has 0 radical (unpaired) electrons. The third-order valence-corrected chi connectivity index (χ3v) is 6.75. The van der Waals surface area contributed by atoms with Crippen LogP contribution in [0.15, 0.2) is 47.4 Å². The Labute approximate surface area is 190 Å². The Hall–Kier alpha value is -2.69. The molecule has 7 nitrogen and oxygen atoms in total. The third-order valence-electron chi connectivity index (χ3n) is 4.37. The number of carbonyl (C=O) groups excluding carboxylic acids is 1. The van der Waals surface area contributed by atoms with E-state index in [4.69, 9.17) is 16.3 Å². The average molecular weight is 489 g/mol. The maximum Gasteiger partial charge on any atom is 0.387 e. The van der Waals surface area contributed by atoms with Crippen molar-refractivity contribution in [3.05, 3.63) is 53.1 Å². The van der Waals surface area contributed by atoms with Gasteiger partial charge in [0.25, 0.3) is 0 Å². The van der Waals surface area contributed by atoms with Gasteiger partial charge in [-0.1, -0.05) is 31.5 Å². The van der Waals surface area contributed by atoms with Crippen LogP contribution in [0, 0.1) is 0 Å². The molecule has 2 aromatic rings. The predicted molar refractivity (Wildman–Crippen MR) is 119 cm³/mol. The van der Waals surface area contributed by atoms with Crippen LogP contribution >= 0.6 is 11.6 Å². The van der Waals surface area contributed by atoms with Gasteiger partial charge in [-0.3, -0.25) is 4.79 Å². The summed E-state index contributed by atoms with van der Waals surface area (Å²) in [5.74, 6) is -0.636. The average Bonchev–Trinajstić information content (AvgIpc) is 2.74. The highest BCUT2D eigenvalue weighted by Crippen LogP contribution is 2.30. The van der Waals surface area contributed by atoms with Gasteiger partial charge in [-0.2, -0.15) is 13.1 Å². The Morgan fingerprint density at radius 1 is 1.16 bits per heavy atom. The van der Waals surface area contributed by atoms with Crippen molar-refractivity contribution in [1.29, 1.82) is 0 Å². The normalized spacial score (nSPS) is 11.9. The topological polar surface area (TPSA) is 84.9 Å². The second-order valence-corrected chi connectivity index (χ2v) is 8.69. The molecular weight excluding hydrogens is 466 g/mol. The molecule has 0 aromatic heterocycles. The van der Waals surface area contributed by atoms with Crippen LogP contribution in [0.5, 0.6) is 11.5 Å². The van der Waals surface area contributed by atoms with Gasteiger partial charge >= 0.3 is 6.61 Å².